The largest absolute Gasteiger partial charge is 0.493 e. The van der Waals surface area contributed by atoms with Crippen molar-refractivity contribution in [3.8, 4) is 11.5 Å². The zero-order chi connectivity index (χ0) is 31.4. The van der Waals surface area contributed by atoms with Crippen molar-refractivity contribution in [2.45, 2.75) is 57.9 Å². The molecule has 0 N–H and O–H groups in total. The third kappa shape index (κ3) is 10.8. The average Bonchev–Trinajstić information content (AvgIpc) is 3.00. The van der Waals surface area contributed by atoms with Gasteiger partial charge in [-0.1, -0.05) is 30.3 Å². The number of pyridine rings is 1. The fourth-order valence-corrected chi connectivity index (χ4v) is 4.67. The molecule has 43 heavy (non-hydrogen) atoms. The summed E-state index contributed by atoms with van der Waals surface area (Å²) in [6.07, 6.45) is -5.70. The zero-order valence-electron chi connectivity index (χ0n) is 24.3. The number of cyclic esters (lactones) is 1. The van der Waals surface area contributed by atoms with E-state index >= 15 is 0 Å². The van der Waals surface area contributed by atoms with E-state index in [0.717, 1.165) is 5.56 Å². The van der Waals surface area contributed by atoms with Gasteiger partial charge in [0.1, 0.15) is 6.10 Å². The summed E-state index contributed by atoms with van der Waals surface area (Å²) in [6, 6.07) is 10.9. The van der Waals surface area contributed by atoms with Crippen LogP contribution in [-0.2, 0) is 35.0 Å². The van der Waals surface area contributed by atoms with E-state index in [2.05, 4.69) is 4.98 Å². The van der Waals surface area contributed by atoms with Crippen LogP contribution in [0, 0.1) is 11.8 Å². The Kier molecular flexibility index (Phi) is 12.7. The van der Waals surface area contributed by atoms with Gasteiger partial charge in [0.25, 0.3) is 0 Å². The molecule has 10 nitrogen and oxygen atoms in total. The highest BCUT2D eigenvalue weighted by atomic mass is 19.4. The molecule has 1 saturated heterocycles. The summed E-state index contributed by atoms with van der Waals surface area (Å²) in [4.78, 5) is 41.8. The van der Waals surface area contributed by atoms with E-state index < -0.39 is 55.2 Å². The van der Waals surface area contributed by atoms with Gasteiger partial charge in [-0.05, 0) is 25.3 Å². The smallest absolute Gasteiger partial charge is 0.389 e. The highest BCUT2D eigenvalue weighted by Crippen LogP contribution is 2.32. The molecule has 0 unspecified atom stereocenters. The van der Waals surface area contributed by atoms with E-state index in [-0.39, 0.29) is 55.8 Å². The lowest BCUT2D eigenvalue weighted by atomic mass is 9.91. The number of alkyl halides is 3. The predicted molar refractivity (Wildman–Crippen MR) is 146 cm³/mol. The van der Waals surface area contributed by atoms with E-state index in [4.69, 9.17) is 28.4 Å². The van der Waals surface area contributed by atoms with E-state index in [1.54, 1.807) is 6.92 Å². The van der Waals surface area contributed by atoms with Crippen molar-refractivity contribution in [3.05, 3.63) is 53.9 Å². The Balaban J connectivity index is 1.77. The number of halogens is 3. The summed E-state index contributed by atoms with van der Waals surface area (Å²) in [6.45, 7) is 2.09. The summed E-state index contributed by atoms with van der Waals surface area (Å²) in [7, 11) is 1.36. The van der Waals surface area contributed by atoms with Crippen molar-refractivity contribution >= 4 is 17.7 Å². The molecule has 0 spiro atoms. The van der Waals surface area contributed by atoms with Gasteiger partial charge in [-0.3, -0.25) is 14.4 Å². The van der Waals surface area contributed by atoms with Crippen molar-refractivity contribution in [2.75, 3.05) is 33.7 Å². The van der Waals surface area contributed by atoms with E-state index in [1.807, 2.05) is 30.3 Å². The van der Waals surface area contributed by atoms with Gasteiger partial charge in [-0.15, -0.1) is 0 Å². The first-order chi connectivity index (χ1) is 20.5. The van der Waals surface area contributed by atoms with Crippen LogP contribution in [0.2, 0.25) is 0 Å². The maximum Gasteiger partial charge on any atom is 0.389 e. The fraction of sp³-hybridized carbons (Fsp3) is 0.533. The topological polar surface area (TPSA) is 119 Å². The van der Waals surface area contributed by atoms with Crippen molar-refractivity contribution in [1.29, 1.82) is 0 Å². The van der Waals surface area contributed by atoms with Gasteiger partial charge >= 0.3 is 18.1 Å². The summed E-state index contributed by atoms with van der Waals surface area (Å²) < 4.78 is 71.1. The Morgan fingerprint density at radius 1 is 1.12 bits per heavy atom. The number of esters is 2. The van der Waals surface area contributed by atoms with Crippen LogP contribution in [0.3, 0.4) is 0 Å². The molecule has 0 aliphatic carbocycles. The molecule has 13 heteroatoms. The molecule has 1 aliphatic heterocycles. The van der Waals surface area contributed by atoms with Crippen molar-refractivity contribution in [3.63, 3.8) is 0 Å². The number of methoxy groups -OCH3 is 1. The molecule has 0 radical (unpaired) electrons. The van der Waals surface area contributed by atoms with Crippen LogP contribution in [-0.4, -0.2) is 74.8 Å². The van der Waals surface area contributed by atoms with Gasteiger partial charge in [0.2, 0.25) is 6.79 Å². The molecule has 0 bridgehead atoms. The molecule has 0 saturated carbocycles. The fourth-order valence-electron chi connectivity index (χ4n) is 4.67. The Morgan fingerprint density at radius 3 is 2.53 bits per heavy atom. The van der Waals surface area contributed by atoms with Gasteiger partial charge in [-0.2, -0.15) is 13.2 Å². The normalized spacial score (nSPS) is 21.1. The Labute approximate surface area is 247 Å². The van der Waals surface area contributed by atoms with E-state index in [9.17, 15) is 27.6 Å². The summed E-state index contributed by atoms with van der Waals surface area (Å²) in [5.41, 5.74) is 0.815. The number of nitrogens with zero attached hydrogens (tertiary/aromatic N) is 1. The van der Waals surface area contributed by atoms with Crippen LogP contribution in [0.15, 0.2) is 42.6 Å². The van der Waals surface area contributed by atoms with E-state index in [1.165, 1.54) is 26.3 Å². The number of carbonyl (C=O) groups is 3. The Morgan fingerprint density at radius 2 is 1.86 bits per heavy atom. The summed E-state index contributed by atoms with van der Waals surface area (Å²) >= 11 is 0. The van der Waals surface area contributed by atoms with Crippen molar-refractivity contribution in [2.24, 2.45) is 11.8 Å². The lowest BCUT2D eigenvalue weighted by molar-refractivity contribution is -0.164. The number of hydrogen-bond donors (Lipinski definition) is 0. The van der Waals surface area contributed by atoms with Crippen LogP contribution >= 0.6 is 0 Å². The number of hydrogen-bond acceptors (Lipinski definition) is 10. The molecule has 3 rings (SSSR count). The first-order valence-electron chi connectivity index (χ1n) is 13.8. The number of ketones is 1. The van der Waals surface area contributed by atoms with Gasteiger partial charge in [0, 0.05) is 44.6 Å². The molecule has 1 aromatic carbocycles. The monoisotopic (exact) mass is 611 g/mol. The second-order valence-corrected chi connectivity index (χ2v) is 10.1. The molecular weight excluding hydrogens is 575 g/mol. The highest BCUT2D eigenvalue weighted by Gasteiger charge is 2.37. The maximum atomic E-state index is 13.3. The lowest BCUT2D eigenvalue weighted by Gasteiger charge is -2.31. The van der Waals surface area contributed by atoms with Crippen LogP contribution in [0.1, 0.15) is 49.2 Å². The van der Waals surface area contributed by atoms with Gasteiger partial charge in [0.05, 0.1) is 32.3 Å². The first-order valence-corrected chi connectivity index (χ1v) is 13.8. The minimum absolute atomic E-state index is 0.0581. The minimum atomic E-state index is -4.31. The third-order valence-corrected chi connectivity index (χ3v) is 6.72. The number of carbonyl (C=O) groups excluding carboxylic acids is 3. The number of aromatic nitrogens is 1. The van der Waals surface area contributed by atoms with E-state index in [0.29, 0.717) is 6.42 Å². The summed E-state index contributed by atoms with van der Waals surface area (Å²) in [5, 5.41) is 0. The second kappa shape index (κ2) is 16.2. The molecule has 1 fully saturated rings. The quantitative estimate of drug-likeness (QED) is 0.136. The van der Waals surface area contributed by atoms with Gasteiger partial charge in [-0.25, -0.2) is 4.98 Å². The average molecular weight is 612 g/mol. The van der Waals surface area contributed by atoms with Gasteiger partial charge in [0.15, 0.2) is 23.0 Å². The Hall–Kier alpha value is -3.71. The Bertz CT molecular complexity index is 1210. The molecule has 4 atom stereocenters. The van der Waals surface area contributed by atoms with Crippen LogP contribution < -0.4 is 9.47 Å². The minimum Gasteiger partial charge on any atom is -0.493 e. The predicted octanol–water partition coefficient (Wildman–Crippen LogP) is 4.73. The third-order valence-electron chi connectivity index (χ3n) is 6.72. The second-order valence-electron chi connectivity index (χ2n) is 10.1. The summed E-state index contributed by atoms with van der Waals surface area (Å²) in [5.74, 6) is -3.16. The SMILES string of the molecule is COc1ccnc(C(=O)C[C@H]2COC[C@H](Cc3ccccc3)[C@@H](OCCCC(F)(F)F)[C@H](C)OC2=O)c1OCOC(C)=O. The van der Waals surface area contributed by atoms with Crippen LogP contribution in [0.4, 0.5) is 13.2 Å². The lowest BCUT2D eigenvalue weighted by Crippen LogP contribution is -2.40. The van der Waals surface area contributed by atoms with Gasteiger partial charge < -0.3 is 28.4 Å². The zero-order valence-corrected chi connectivity index (χ0v) is 24.3. The molecule has 0 amide bonds. The molecular formula is C30H36F3NO9. The molecule has 2 aromatic rings. The number of benzene rings is 1. The van der Waals surface area contributed by atoms with Crippen molar-refractivity contribution in [1.82, 2.24) is 4.98 Å². The highest BCUT2D eigenvalue weighted by molar-refractivity contribution is 5.99. The number of ether oxygens (including phenoxy) is 6. The number of rotatable bonds is 13. The maximum absolute atomic E-state index is 13.3. The molecule has 1 aromatic heterocycles. The molecule has 1 aliphatic rings. The van der Waals surface area contributed by atoms with Crippen LogP contribution in [0.5, 0.6) is 11.5 Å². The first kappa shape index (κ1) is 33.8. The van der Waals surface area contributed by atoms with Crippen LogP contribution in [0.25, 0.3) is 0 Å². The molecule has 2 heterocycles. The number of Topliss-reactive ketones (excluding diaryl/α,β-unsaturated/α-hetero) is 1. The standard InChI is InChI=1S/C30H36F3NO9/c1-19-27(40-13-7-11-30(31,32)33)22(14-21-8-5-4-6-9-21)16-39-17-23(29(37)43-19)15-24(36)26-28(42-18-41-20(2)35)25(38-3)10-12-34-26/h4-6,8-10,12,19,22-23,27H,7,11,13-18H2,1-3H3/t19-,22-,23-,27-/m0/s1. The molecule has 236 valence electrons. The van der Waals surface area contributed by atoms with Crippen molar-refractivity contribution < 1.29 is 56.0 Å².